The molecular weight excluding hydrogens is 820 g/mol. The maximum Gasteiger partial charge on any atom is 0.331 e. The van der Waals surface area contributed by atoms with Crippen LogP contribution < -0.4 is 0 Å². The van der Waals surface area contributed by atoms with Gasteiger partial charge in [0.05, 0.1) is 18.4 Å². The van der Waals surface area contributed by atoms with Crippen molar-refractivity contribution in [2.75, 3.05) is 13.2 Å². The minimum Gasteiger partial charge on any atom is -0.462 e. The van der Waals surface area contributed by atoms with Crippen molar-refractivity contribution in [3.05, 3.63) is 84.2 Å². The number of unbranched alkanes of at least 4 members (excludes halogenated alkanes) is 16. The summed E-state index contributed by atoms with van der Waals surface area (Å²) in [5.41, 5.74) is -2.75. The third-order valence-corrected chi connectivity index (χ3v) is 10.8. The van der Waals surface area contributed by atoms with Crippen molar-refractivity contribution in [3.8, 4) is 0 Å². The van der Waals surface area contributed by atoms with Gasteiger partial charge in [-0.1, -0.05) is 124 Å². The van der Waals surface area contributed by atoms with Crippen LogP contribution in [0.1, 0.15) is 166 Å². The van der Waals surface area contributed by atoms with Crippen LogP contribution in [0, 0.1) is 17.5 Å². The second-order valence-electron chi connectivity index (χ2n) is 15.9. The van der Waals surface area contributed by atoms with Gasteiger partial charge in [-0.25, -0.2) is 42.4 Å². The second-order valence-corrected chi connectivity index (χ2v) is 15.9. The molecule has 0 bridgehead atoms. The number of carbonyl (C=O) groups excluding carboxylic acids is 4. The monoisotopic (exact) mass is 885 g/mol. The smallest absolute Gasteiger partial charge is 0.331 e. The van der Waals surface area contributed by atoms with Crippen molar-refractivity contribution in [3.63, 3.8) is 0 Å². The summed E-state index contributed by atoms with van der Waals surface area (Å²) in [5, 5.41) is 4.05. The molecule has 0 amide bonds. The van der Waals surface area contributed by atoms with E-state index in [0.29, 0.717) is 25.0 Å². The van der Waals surface area contributed by atoms with E-state index in [4.69, 9.17) is 18.9 Å². The van der Waals surface area contributed by atoms with E-state index >= 15 is 8.78 Å². The second kappa shape index (κ2) is 30.0. The summed E-state index contributed by atoms with van der Waals surface area (Å²) < 4.78 is 68.5. The van der Waals surface area contributed by atoms with Gasteiger partial charge in [0.2, 0.25) is 0 Å². The Labute approximate surface area is 369 Å². The van der Waals surface area contributed by atoms with Gasteiger partial charge in [0.1, 0.15) is 43.8 Å². The van der Waals surface area contributed by atoms with Crippen LogP contribution in [0.25, 0.3) is 0 Å². The highest BCUT2D eigenvalue weighted by atomic mass is 19.1. The molecular formula is C47H66F3N5O8. The zero-order chi connectivity index (χ0) is 45.7. The number of benzene rings is 1. The molecule has 16 heteroatoms. The SMILES string of the molecule is CCCCCCCCCCCC(=O)OCC(COC(=O)CCCCCCCCCCC)OC(=O)/C=C/C(=O)O[C@@](Cn1cncn1)(c1ccc(F)cc1F)[C@@H](C)c1ncncc1F. The lowest BCUT2D eigenvalue weighted by Crippen LogP contribution is -2.43. The molecule has 0 aliphatic carbocycles. The highest BCUT2D eigenvalue weighted by Gasteiger charge is 2.47. The van der Waals surface area contributed by atoms with Crippen LogP contribution in [0.15, 0.2) is 55.5 Å². The molecule has 3 rings (SSSR count). The van der Waals surface area contributed by atoms with Crippen LogP contribution in [-0.2, 0) is 50.3 Å². The van der Waals surface area contributed by atoms with E-state index in [1.54, 1.807) is 0 Å². The third kappa shape index (κ3) is 19.8. The highest BCUT2D eigenvalue weighted by molar-refractivity contribution is 5.92. The number of ether oxygens (including phenoxy) is 4. The predicted octanol–water partition coefficient (Wildman–Crippen LogP) is 10.1. The van der Waals surface area contributed by atoms with E-state index in [2.05, 4.69) is 33.9 Å². The summed E-state index contributed by atoms with van der Waals surface area (Å²) >= 11 is 0. The first-order chi connectivity index (χ1) is 30.5. The first-order valence-corrected chi connectivity index (χ1v) is 22.6. The molecule has 0 radical (unpaired) electrons. The average Bonchev–Trinajstić information content (AvgIpc) is 3.78. The molecule has 0 aliphatic heterocycles. The number of aromatic nitrogens is 5. The van der Waals surface area contributed by atoms with Crippen molar-refractivity contribution in [2.24, 2.45) is 0 Å². The van der Waals surface area contributed by atoms with E-state index in [1.807, 2.05) is 0 Å². The molecule has 2 heterocycles. The number of nitrogens with zero attached hydrogens (tertiary/aromatic N) is 5. The van der Waals surface area contributed by atoms with Gasteiger partial charge >= 0.3 is 23.9 Å². The summed E-state index contributed by atoms with van der Waals surface area (Å²) in [6.07, 6.45) is 24.3. The fourth-order valence-electron chi connectivity index (χ4n) is 7.23. The summed E-state index contributed by atoms with van der Waals surface area (Å²) in [4.78, 5) is 63.6. The largest absolute Gasteiger partial charge is 0.462 e. The fourth-order valence-corrected chi connectivity index (χ4v) is 7.23. The molecule has 63 heavy (non-hydrogen) atoms. The van der Waals surface area contributed by atoms with Gasteiger partial charge in [-0.05, 0) is 25.0 Å². The molecule has 0 aliphatic rings. The van der Waals surface area contributed by atoms with Crippen molar-refractivity contribution in [1.29, 1.82) is 0 Å². The number of carbonyl (C=O) groups is 4. The fraction of sp³-hybridized carbons (Fsp3) is 0.617. The molecule has 348 valence electrons. The van der Waals surface area contributed by atoms with Crippen LogP contribution in [0.5, 0.6) is 0 Å². The lowest BCUT2D eigenvalue weighted by molar-refractivity contribution is -0.164. The Balaban J connectivity index is 1.70. The van der Waals surface area contributed by atoms with Crippen molar-refractivity contribution < 1.29 is 51.3 Å². The molecule has 2 atom stereocenters. The number of hydrogen-bond acceptors (Lipinski definition) is 12. The van der Waals surface area contributed by atoms with Crippen molar-refractivity contribution in [1.82, 2.24) is 24.7 Å². The Morgan fingerprint density at radius 3 is 1.75 bits per heavy atom. The normalized spacial score (nSPS) is 12.9. The Morgan fingerprint density at radius 2 is 1.24 bits per heavy atom. The van der Waals surface area contributed by atoms with E-state index in [9.17, 15) is 23.6 Å². The van der Waals surface area contributed by atoms with Gasteiger partial charge in [0, 0.05) is 42.5 Å². The van der Waals surface area contributed by atoms with E-state index in [1.165, 1.54) is 88.5 Å². The molecule has 0 unspecified atom stereocenters. The van der Waals surface area contributed by atoms with E-state index < -0.39 is 78.7 Å². The summed E-state index contributed by atoms with van der Waals surface area (Å²) in [6.45, 7) is 4.54. The van der Waals surface area contributed by atoms with E-state index in [-0.39, 0.29) is 24.1 Å². The van der Waals surface area contributed by atoms with Crippen LogP contribution in [0.4, 0.5) is 13.2 Å². The zero-order valence-corrected chi connectivity index (χ0v) is 37.3. The first kappa shape index (κ1) is 52.2. The summed E-state index contributed by atoms with van der Waals surface area (Å²) in [7, 11) is 0. The van der Waals surface area contributed by atoms with Gasteiger partial charge in [0.15, 0.2) is 17.5 Å². The molecule has 0 saturated heterocycles. The van der Waals surface area contributed by atoms with E-state index in [0.717, 1.165) is 69.3 Å². The van der Waals surface area contributed by atoms with Gasteiger partial charge in [-0.15, -0.1) is 0 Å². The Kier molecular flexibility index (Phi) is 24.9. The minimum absolute atomic E-state index is 0.170. The van der Waals surface area contributed by atoms with Crippen molar-refractivity contribution in [2.45, 2.75) is 173 Å². The Morgan fingerprint density at radius 1 is 0.698 bits per heavy atom. The van der Waals surface area contributed by atoms with Crippen molar-refractivity contribution >= 4 is 23.9 Å². The standard InChI is InChI=1S/C47H66F3N5O8/c1-4-6-8-10-12-14-16-18-20-22-42(56)60-30-38(31-61-43(57)23-21-19-17-15-13-11-9-7-5-2)62-44(58)26-27-45(59)63-47(32-55-35-52-34-54-55,39-25-24-37(48)28-40(39)49)36(3)46-41(50)29-51-33-53-46/h24-29,33-36,38H,4-23,30-32H2,1-3H3/b27-26+/t36-,47+/m0/s1. The quantitative estimate of drug-likeness (QED) is 0.0247. The number of hydrogen-bond donors (Lipinski definition) is 0. The maximum atomic E-state index is 15.7. The summed E-state index contributed by atoms with van der Waals surface area (Å²) in [5.74, 6) is -7.45. The van der Waals surface area contributed by atoms with Crippen LogP contribution in [0.3, 0.4) is 0 Å². The maximum absolute atomic E-state index is 15.7. The molecule has 1 aromatic carbocycles. The number of halogens is 3. The molecule has 2 aromatic heterocycles. The molecule has 0 N–H and O–H groups in total. The molecule has 0 spiro atoms. The number of rotatable bonds is 33. The zero-order valence-electron chi connectivity index (χ0n) is 37.3. The molecule has 3 aromatic rings. The first-order valence-electron chi connectivity index (χ1n) is 22.6. The van der Waals surface area contributed by atoms with Gasteiger partial charge in [-0.2, -0.15) is 5.10 Å². The predicted molar refractivity (Wildman–Crippen MR) is 229 cm³/mol. The Bertz CT molecular complexity index is 1790. The van der Waals surface area contributed by atoms with Gasteiger partial charge in [-0.3, -0.25) is 9.59 Å². The van der Waals surface area contributed by atoms with Crippen LogP contribution >= 0.6 is 0 Å². The minimum atomic E-state index is -2.15. The van der Waals surface area contributed by atoms with Gasteiger partial charge < -0.3 is 18.9 Å². The lowest BCUT2D eigenvalue weighted by Gasteiger charge is -2.38. The molecule has 0 saturated carbocycles. The topological polar surface area (TPSA) is 162 Å². The molecule has 0 fully saturated rings. The average molecular weight is 886 g/mol. The highest BCUT2D eigenvalue weighted by Crippen LogP contribution is 2.43. The molecule has 13 nitrogen and oxygen atoms in total. The Hall–Kier alpha value is -5.15. The van der Waals surface area contributed by atoms with Crippen LogP contribution in [-0.4, -0.2) is 67.9 Å². The number of esters is 4. The van der Waals surface area contributed by atoms with Crippen LogP contribution in [0.2, 0.25) is 0 Å². The third-order valence-electron chi connectivity index (χ3n) is 10.8. The van der Waals surface area contributed by atoms with Gasteiger partial charge in [0.25, 0.3) is 0 Å². The lowest BCUT2D eigenvalue weighted by atomic mass is 9.79. The summed E-state index contributed by atoms with van der Waals surface area (Å²) in [6, 6.07) is 2.59.